The van der Waals surface area contributed by atoms with Crippen molar-refractivity contribution < 1.29 is 9.90 Å². The molecule has 0 aromatic heterocycles. The smallest absolute Gasteiger partial charge is 0.238 e. The maximum Gasteiger partial charge on any atom is 0.238 e. The lowest BCUT2D eigenvalue weighted by Crippen LogP contribution is -2.32. The minimum absolute atomic E-state index is 0.0476. The fourth-order valence-electron chi connectivity index (χ4n) is 1.39. The van der Waals surface area contributed by atoms with Crippen molar-refractivity contribution >= 4 is 11.6 Å². The van der Waals surface area contributed by atoms with Gasteiger partial charge < -0.3 is 15.7 Å². The zero-order chi connectivity index (χ0) is 12.7. The van der Waals surface area contributed by atoms with Crippen LogP contribution in [0.3, 0.4) is 0 Å². The Morgan fingerprint density at radius 2 is 1.94 bits per heavy atom. The summed E-state index contributed by atoms with van der Waals surface area (Å²) < 4.78 is 0. The molecule has 0 atom stereocenters. The molecule has 0 aliphatic heterocycles. The highest BCUT2D eigenvalue weighted by Gasteiger charge is 2.02. The molecule has 0 bridgehead atoms. The predicted molar refractivity (Wildman–Crippen MR) is 69.0 cm³/mol. The van der Waals surface area contributed by atoms with Crippen LogP contribution in [0.4, 0.5) is 5.69 Å². The molecule has 17 heavy (non-hydrogen) atoms. The highest BCUT2D eigenvalue weighted by molar-refractivity contribution is 5.92. The summed E-state index contributed by atoms with van der Waals surface area (Å²) in [7, 11) is 0. The van der Waals surface area contributed by atoms with E-state index < -0.39 is 0 Å². The minimum Gasteiger partial charge on any atom is -0.396 e. The Morgan fingerprint density at radius 1 is 1.29 bits per heavy atom. The second-order valence-electron chi connectivity index (χ2n) is 4.25. The molecule has 0 saturated heterocycles. The SMILES string of the molecule is CC(C)NCC(=O)Nc1ccc(CCO)cc1. The molecule has 0 unspecified atom stereocenters. The first-order valence-electron chi connectivity index (χ1n) is 5.85. The van der Waals surface area contributed by atoms with Gasteiger partial charge in [0, 0.05) is 18.3 Å². The maximum atomic E-state index is 11.5. The van der Waals surface area contributed by atoms with Crippen LogP contribution in [0.15, 0.2) is 24.3 Å². The van der Waals surface area contributed by atoms with Crippen LogP contribution in [0.2, 0.25) is 0 Å². The molecule has 0 radical (unpaired) electrons. The molecular formula is C13H20N2O2. The van der Waals surface area contributed by atoms with Crippen LogP contribution < -0.4 is 10.6 Å². The van der Waals surface area contributed by atoms with E-state index >= 15 is 0 Å². The molecule has 3 N–H and O–H groups in total. The molecule has 1 aromatic rings. The number of aliphatic hydroxyl groups excluding tert-OH is 1. The summed E-state index contributed by atoms with van der Waals surface area (Å²) in [4.78, 5) is 11.5. The van der Waals surface area contributed by atoms with E-state index in [1.54, 1.807) is 0 Å². The monoisotopic (exact) mass is 236 g/mol. The minimum atomic E-state index is -0.0476. The standard InChI is InChI=1S/C13H20N2O2/c1-10(2)14-9-13(17)15-12-5-3-11(4-6-12)7-8-16/h3-6,10,14,16H,7-9H2,1-2H3,(H,15,17). The van der Waals surface area contributed by atoms with E-state index in [0.717, 1.165) is 11.3 Å². The van der Waals surface area contributed by atoms with Gasteiger partial charge in [0.25, 0.3) is 0 Å². The summed E-state index contributed by atoms with van der Waals surface area (Å²) in [5.74, 6) is -0.0476. The number of hydrogen-bond acceptors (Lipinski definition) is 3. The number of hydrogen-bond donors (Lipinski definition) is 3. The number of aliphatic hydroxyl groups is 1. The van der Waals surface area contributed by atoms with Crippen molar-refractivity contribution in [2.75, 3.05) is 18.5 Å². The van der Waals surface area contributed by atoms with Crippen LogP contribution in [-0.2, 0) is 11.2 Å². The van der Waals surface area contributed by atoms with Gasteiger partial charge in [-0.2, -0.15) is 0 Å². The van der Waals surface area contributed by atoms with Gasteiger partial charge in [0.2, 0.25) is 5.91 Å². The largest absolute Gasteiger partial charge is 0.396 e. The molecule has 0 aliphatic carbocycles. The molecule has 0 heterocycles. The second-order valence-corrected chi connectivity index (χ2v) is 4.25. The molecule has 4 heteroatoms. The number of anilines is 1. The molecule has 0 fully saturated rings. The molecule has 0 spiro atoms. The van der Waals surface area contributed by atoms with E-state index in [4.69, 9.17) is 5.11 Å². The maximum absolute atomic E-state index is 11.5. The van der Waals surface area contributed by atoms with Gasteiger partial charge in [-0.25, -0.2) is 0 Å². The van der Waals surface area contributed by atoms with Gasteiger partial charge in [-0.1, -0.05) is 26.0 Å². The molecule has 0 aliphatic rings. The van der Waals surface area contributed by atoms with Crippen LogP contribution in [0, 0.1) is 0 Å². The Kier molecular flexibility index (Phi) is 5.66. The Balaban J connectivity index is 2.43. The molecule has 1 rings (SSSR count). The summed E-state index contributed by atoms with van der Waals surface area (Å²) in [5.41, 5.74) is 1.84. The van der Waals surface area contributed by atoms with Crippen molar-refractivity contribution in [3.8, 4) is 0 Å². The van der Waals surface area contributed by atoms with E-state index in [1.807, 2.05) is 38.1 Å². The molecule has 4 nitrogen and oxygen atoms in total. The van der Waals surface area contributed by atoms with Gasteiger partial charge in [-0.15, -0.1) is 0 Å². The number of nitrogens with one attached hydrogen (secondary N) is 2. The van der Waals surface area contributed by atoms with Gasteiger partial charge in [0.15, 0.2) is 0 Å². The summed E-state index contributed by atoms with van der Waals surface area (Å²) >= 11 is 0. The molecule has 0 saturated carbocycles. The van der Waals surface area contributed by atoms with E-state index in [2.05, 4.69) is 10.6 Å². The van der Waals surface area contributed by atoms with Crippen LogP contribution in [0.25, 0.3) is 0 Å². The third-order valence-corrected chi connectivity index (χ3v) is 2.31. The van der Waals surface area contributed by atoms with Crippen LogP contribution in [0.5, 0.6) is 0 Å². The first-order chi connectivity index (χ1) is 8.11. The topological polar surface area (TPSA) is 61.4 Å². The average Bonchev–Trinajstić information content (AvgIpc) is 2.29. The van der Waals surface area contributed by atoms with Gasteiger partial charge >= 0.3 is 0 Å². The zero-order valence-electron chi connectivity index (χ0n) is 10.4. The number of benzene rings is 1. The number of carbonyl (C=O) groups excluding carboxylic acids is 1. The molecule has 1 aromatic carbocycles. The summed E-state index contributed by atoms with van der Waals surface area (Å²) in [6.07, 6.45) is 0.642. The number of amides is 1. The van der Waals surface area contributed by atoms with Crippen molar-refractivity contribution in [3.63, 3.8) is 0 Å². The lowest BCUT2D eigenvalue weighted by atomic mass is 10.1. The van der Waals surface area contributed by atoms with E-state index in [0.29, 0.717) is 19.0 Å². The van der Waals surface area contributed by atoms with Gasteiger partial charge in [0.1, 0.15) is 0 Å². The average molecular weight is 236 g/mol. The quantitative estimate of drug-likeness (QED) is 0.694. The lowest BCUT2D eigenvalue weighted by Gasteiger charge is -2.09. The van der Waals surface area contributed by atoms with E-state index in [1.165, 1.54) is 0 Å². The van der Waals surface area contributed by atoms with Crippen molar-refractivity contribution in [1.82, 2.24) is 5.32 Å². The highest BCUT2D eigenvalue weighted by Crippen LogP contribution is 2.09. The lowest BCUT2D eigenvalue weighted by molar-refractivity contribution is -0.115. The third-order valence-electron chi connectivity index (χ3n) is 2.31. The Labute approximate surface area is 102 Å². The third kappa shape index (κ3) is 5.47. The van der Waals surface area contributed by atoms with Gasteiger partial charge in [-0.3, -0.25) is 4.79 Å². The van der Waals surface area contributed by atoms with Crippen molar-refractivity contribution in [1.29, 1.82) is 0 Å². The zero-order valence-corrected chi connectivity index (χ0v) is 10.4. The van der Waals surface area contributed by atoms with Crippen LogP contribution in [0.1, 0.15) is 19.4 Å². The normalized spacial score (nSPS) is 10.6. The Hall–Kier alpha value is -1.39. The van der Waals surface area contributed by atoms with Crippen LogP contribution in [-0.4, -0.2) is 30.2 Å². The highest BCUT2D eigenvalue weighted by atomic mass is 16.2. The number of rotatable bonds is 6. The van der Waals surface area contributed by atoms with Crippen LogP contribution >= 0.6 is 0 Å². The van der Waals surface area contributed by atoms with E-state index in [-0.39, 0.29) is 12.5 Å². The predicted octanol–water partition coefficient (Wildman–Crippen LogP) is 1.16. The first kappa shape index (κ1) is 13.7. The van der Waals surface area contributed by atoms with Gasteiger partial charge in [-0.05, 0) is 24.1 Å². The summed E-state index contributed by atoms with van der Waals surface area (Å²) in [6.45, 7) is 4.45. The molecule has 94 valence electrons. The Morgan fingerprint density at radius 3 is 2.47 bits per heavy atom. The fourth-order valence-corrected chi connectivity index (χ4v) is 1.39. The van der Waals surface area contributed by atoms with Gasteiger partial charge in [0.05, 0.1) is 6.54 Å². The second kappa shape index (κ2) is 7.04. The Bertz CT molecular complexity index is 347. The fraction of sp³-hybridized carbons (Fsp3) is 0.462. The van der Waals surface area contributed by atoms with Crippen molar-refractivity contribution in [3.05, 3.63) is 29.8 Å². The van der Waals surface area contributed by atoms with Crippen molar-refractivity contribution in [2.24, 2.45) is 0 Å². The number of carbonyl (C=O) groups is 1. The molecular weight excluding hydrogens is 216 g/mol. The van der Waals surface area contributed by atoms with E-state index in [9.17, 15) is 4.79 Å². The molecule has 1 amide bonds. The first-order valence-corrected chi connectivity index (χ1v) is 5.85. The summed E-state index contributed by atoms with van der Waals surface area (Å²) in [6, 6.07) is 7.80. The summed E-state index contributed by atoms with van der Waals surface area (Å²) in [5, 5.41) is 14.6. The van der Waals surface area contributed by atoms with Crippen molar-refractivity contribution in [2.45, 2.75) is 26.3 Å².